The van der Waals surface area contributed by atoms with Crippen LogP contribution in [0.4, 0.5) is 0 Å². The van der Waals surface area contributed by atoms with E-state index in [-0.39, 0.29) is 0 Å². The molecule has 0 spiro atoms. The Labute approximate surface area is 144 Å². The van der Waals surface area contributed by atoms with Crippen LogP contribution in [0.1, 0.15) is 52.0 Å². The van der Waals surface area contributed by atoms with Gasteiger partial charge in [-0.25, -0.2) is 0 Å². The van der Waals surface area contributed by atoms with Gasteiger partial charge >= 0.3 is 0 Å². The van der Waals surface area contributed by atoms with E-state index < -0.39 is 8.07 Å². The van der Waals surface area contributed by atoms with Gasteiger partial charge in [0.1, 0.15) is 13.8 Å². The molecular weight excluding hydrogens is 296 g/mol. The molecule has 23 heavy (non-hydrogen) atoms. The number of hydrogen-bond donors (Lipinski definition) is 0. The van der Waals surface area contributed by atoms with E-state index in [1.165, 1.54) is 19.3 Å². The summed E-state index contributed by atoms with van der Waals surface area (Å²) in [5.41, 5.74) is 4.48. The minimum absolute atomic E-state index is 0.746. The highest BCUT2D eigenvalue weighted by Gasteiger charge is 2.07. The predicted octanol–water partition coefficient (Wildman–Crippen LogP) is 6.15. The lowest BCUT2D eigenvalue weighted by Gasteiger charge is -2.13. The zero-order chi connectivity index (χ0) is 17.3. The standard InChI is InChI=1S/C21H34OSi/c1-18(2)8-7-9-19(3)14-16-22-21-12-10-20(11-13-21)15-17-23(4,5)6/h10-13,18-19H,7-9,14,16H2,1-6H3/t19-/m1/s1. The lowest BCUT2D eigenvalue weighted by Crippen LogP contribution is -2.16. The zero-order valence-electron chi connectivity index (χ0n) is 15.9. The predicted molar refractivity (Wildman–Crippen MR) is 105 cm³/mol. The van der Waals surface area contributed by atoms with E-state index in [0.717, 1.165) is 36.2 Å². The lowest BCUT2D eigenvalue weighted by atomic mass is 9.98. The van der Waals surface area contributed by atoms with Crippen molar-refractivity contribution < 1.29 is 4.74 Å². The van der Waals surface area contributed by atoms with Gasteiger partial charge in [-0.2, -0.15) is 0 Å². The molecule has 0 saturated carbocycles. The fourth-order valence-electron chi connectivity index (χ4n) is 2.29. The van der Waals surface area contributed by atoms with E-state index >= 15 is 0 Å². The third kappa shape index (κ3) is 10.2. The number of ether oxygens (including phenoxy) is 1. The highest BCUT2D eigenvalue weighted by Crippen LogP contribution is 2.17. The Kier molecular flexibility index (Phi) is 8.48. The van der Waals surface area contributed by atoms with Crippen LogP contribution in [0, 0.1) is 23.3 Å². The van der Waals surface area contributed by atoms with Crippen LogP contribution in [0.2, 0.25) is 19.6 Å². The molecule has 0 heterocycles. The molecule has 0 radical (unpaired) electrons. The maximum atomic E-state index is 5.86. The normalized spacial score (nSPS) is 12.7. The molecule has 0 amide bonds. The van der Waals surface area contributed by atoms with E-state index in [9.17, 15) is 0 Å². The van der Waals surface area contributed by atoms with Gasteiger partial charge in [-0.15, -0.1) is 5.54 Å². The summed E-state index contributed by atoms with van der Waals surface area (Å²) in [5, 5.41) is 0. The lowest BCUT2D eigenvalue weighted by molar-refractivity contribution is 0.275. The summed E-state index contributed by atoms with van der Waals surface area (Å²) in [7, 11) is -1.30. The van der Waals surface area contributed by atoms with Crippen molar-refractivity contribution in [3.05, 3.63) is 29.8 Å². The molecule has 0 aliphatic rings. The highest BCUT2D eigenvalue weighted by molar-refractivity contribution is 6.83. The Morgan fingerprint density at radius 2 is 1.61 bits per heavy atom. The molecule has 2 heteroatoms. The van der Waals surface area contributed by atoms with Crippen LogP contribution in [0.5, 0.6) is 5.75 Å². The van der Waals surface area contributed by atoms with Crippen LogP contribution in [0.15, 0.2) is 24.3 Å². The summed E-state index contributed by atoms with van der Waals surface area (Å²) >= 11 is 0. The van der Waals surface area contributed by atoms with Crippen LogP contribution >= 0.6 is 0 Å². The van der Waals surface area contributed by atoms with Gasteiger partial charge in [0.2, 0.25) is 0 Å². The molecular formula is C21H34OSi. The van der Waals surface area contributed by atoms with Crippen molar-refractivity contribution in [2.75, 3.05) is 6.61 Å². The van der Waals surface area contributed by atoms with Crippen LogP contribution in [0.25, 0.3) is 0 Å². The first-order valence-corrected chi connectivity index (χ1v) is 12.5. The minimum atomic E-state index is -1.30. The maximum Gasteiger partial charge on any atom is 0.129 e. The Balaban J connectivity index is 2.31. The monoisotopic (exact) mass is 330 g/mol. The van der Waals surface area contributed by atoms with Gasteiger partial charge in [0.25, 0.3) is 0 Å². The van der Waals surface area contributed by atoms with Crippen molar-refractivity contribution in [2.45, 2.75) is 66.1 Å². The van der Waals surface area contributed by atoms with Crippen LogP contribution in [-0.4, -0.2) is 14.7 Å². The van der Waals surface area contributed by atoms with Crippen LogP contribution in [-0.2, 0) is 0 Å². The summed E-state index contributed by atoms with van der Waals surface area (Å²) in [4.78, 5) is 0. The van der Waals surface area contributed by atoms with Crippen LogP contribution in [0.3, 0.4) is 0 Å². The number of rotatable bonds is 8. The molecule has 1 nitrogen and oxygen atoms in total. The number of hydrogen-bond acceptors (Lipinski definition) is 1. The Morgan fingerprint density at radius 1 is 0.957 bits per heavy atom. The van der Waals surface area contributed by atoms with Gasteiger partial charge in [0.15, 0.2) is 0 Å². The second-order valence-corrected chi connectivity index (χ2v) is 12.8. The molecule has 0 unspecified atom stereocenters. The molecule has 0 aliphatic heterocycles. The van der Waals surface area contributed by atoms with Crippen molar-refractivity contribution in [1.82, 2.24) is 0 Å². The Hall–Kier alpha value is -1.20. The zero-order valence-corrected chi connectivity index (χ0v) is 16.9. The van der Waals surface area contributed by atoms with E-state index in [2.05, 4.69) is 64.0 Å². The quantitative estimate of drug-likeness (QED) is 0.410. The van der Waals surface area contributed by atoms with Gasteiger partial charge in [-0.05, 0) is 42.5 Å². The Bertz CT molecular complexity index is 499. The fraction of sp³-hybridized carbons (Fsp3) is 0.619. The Morgan fingerprint density at radius 3 is 2.17 bits per heavy atom. The van der Waals surface area contributed by atoms with Gasteiger partial charge in [0.05, 0.1) is 6.61 Å². The molecule has 1 rings (SSSR count). The summed E-state index contributed by atoms with van der Waals surface area (Å²) in [6.45, 7) is 14.5. The van der Waals surface area contributed by atoms with E-state index in [4.69, 9.17) is 4.74 Å². The summed E-state index contributed by atoms with van der Waals surface area (Å²) in [5.74, 6) is 5.80. The molecule has 0 aromatic heterocycles. The third-order valence-electron chi connectivity index (χ3n) is 3.79. The summed E-state index contributed by atoms with van der Waals surface area (Å²) in [6.07, 6.45) is 5.12. The maximum absolute atomic E-state index is 5.86. The first-order chi connectivity index (χ1) is 10.8. The topological polar surface area (TPSA) is 9.23 Å². The minimum Gasteiger partial charge on any atom is -0.494 e. The van der Waals surface area contributed by atoms with Gasteiger partial charge in [-0.3, -0.25) is 0 Å². The average molecular weight is 331 g/mol. The fourth-order valence-corrected chi connectivity index (χ4v) is 2.81. The second-order valence-electron chi connectivity index (χ2n) is 8.09. The van der Waals surface area contributed by atoms with Crippen molar-refractivity contribution in [3.8, 4) is 17.2 Å². The molecule has 0 N–H and O–H groups in total. The first-order valence-electron chi connectivity index (χ1n) is 9.02. The van der Waals surface area contributed by atoms with Gasteiger partial charge in [0, 0.05) is 5.56 Å². The van der Waals surface area contributed by atoms with E-state index in [1.54, 1.807) is 0 Å². The van der Waals surface area contributed by atoms with Gasteiger partial charge in [-0.1, -0.05) is 65.6 Å². The van der Waals surface area contributed by atoms with E-state index in [0.29, 0.717) is 0 Å². The molecule has 0 bridgehead atoms. The van der Waals surface area contributed by atoms with Crippen molar-refractivity contribution in [1.29, 1.82) is 0 Å². The van der Waals surface area contributed by atoms with E-state index in [1.807, 2.05) is 12.1 Å². The highest BCUT2D eigenvalue weighted by atomic mass is 28.3. The smallest absolute Gasteiger partial charge is 0.129 e. The van der Waals surface area contributed by atoms with Crippen molar-refractivity contribution >= 4 is 8.07 Å². The molecule has 0 aliphatic carbocycles. The average Bonchev–Trinajstić information content (AvgIpc) is 2.45. The number of benzene rings is 1. The third-order valence-corrected chi connectivity index (χ3v) is 4.67. The SMILES string of the molecule is CC(C)CCC[C@@H](C)CCOc1ccc(C#C[Si](C)(C)C)cc1. The first kappa shape index (κ1) is 19.8. The largest absolute Gasteiger partial charge is 0.494 e. The second kappa shape index (κ2) is 9.83. The molecule has 0 fully saturated rings. The van der Waals surface area contributed by atoms with Crippen LogP contribution < -0.4 is 4.74 Å². The van der Waals surface area contributed by atoms with Crippen molar-refractivity contribution in [3.63, 3.8) is 0 Å². The summed E-state index contributed by atoms with van der Waals surface area (Å²) < 4.78 is 5.86. The molecule has 1 aromatic rings. The summed E-state index contributed by atoms with van der Waals surface area (Å²) in [6, 6.07) is 8.21. The van der Waals surface area contributed by atoms with Gasteiger partial charge < -0.3 is 4.74 Å². The van der Waals surface area contributed by atoms with Crippen molar-refractivity contribution in [2.24, 2.45) is 11.8 Å². The molecule has 1 atom stereocenters. The molecule has 1 aromatic carbocycles. The molecule has 128 valence electrons. The molecule has 0 saturated heterocycles.